The van der Waals surface area contributed by atoms with E-state index in [1.165, 1.54) is 21.6 Å². The Morgan fingerprint density at radius 3 is 2.46 bits per heavy atom. The van der Waals surface area contributed by atoms with Gasteiger partial charge in [-0.25, -0.2) is 4.79 Å². The zero-order chi connectivity index (χ0) is 24.8. The lowest BCUT2D eigenvalue weighted by molar-refractivity contribution is -0.117. The number of amides is 2. The molecule has 1 aliphatic heterocycles. The van der Waals surface area contributed by atoms with Gasteiger partial charge in [-0.2, -0.15) is 0 Å². The molecule has 35 heavy (non-hydrogen) atoms. The number of ether oxygens (including phenoxy) is 2. The number of rotatable bonds is 8. The van der Waals surface area contributed by atoms with Crippen LogP contribution < -0.4 is 9.80 Å². The standard InChI is InChI=1S/C27H26N2O5S/c1-3-33-15-16-34-27(32)19-13-14-24-22(17-19)29(26(31)21-11-7-8-12-23(21)35-24)18-25(30)28(2)20-9-5-4-6-10-20/h4-14,17H,3,15-16,18H2,1-2H3. The molecule has 4 rings (SSSR count). The second-order valence-electron chi connectivity index (χ2n) is 7.79. The molecule has 0 saturated heterocycles. The number of likely N-dealkylation sites (N-methyl/N-ethyl adjacent to an activating group) is 1. The van der Waals surface area contributed by atoms with Gasteiger partial charge < -0.3 is 14.4 Å². The highest BCUT2D eigenvalue weighted by molar-refractivity contribution is 7.99. The minimum Gasteiger partial charge on any atom is -0.460 e. The zero-order valence-corrected chi connectivity index (χ0v) is 20.4. The second-order valence-corrected chi connectivity index (χ2v) is 8.88. The molecule has 0 fully saturated rings. The van der Waals surface area contributed by atoms with Gasteiger partial charge >= 0.3 is 5.97 Å². The van der Waals surface area contributed by atoms with Crippen LogP contribution in [-0.4, -0.2) is 51.2 Å². The first kappa shape index (κ1) is 24.5. The highest BCUT2D eigenvalue weighted by atomic mass is 32.2. The van der Waals surface area contributed by atoms with E-state index in [9.17, 15) is 14.4 Å². The largest absolute Gasteiger partial charge is 0.460 e. The van der Waals surface area contributed by atoms with Gasteiger partial charge in [0.05, 0.1) is 23.4 Å². The van der Waals surface area contributed by atoms with Crippen molar-refractivity contribution in [3.05, 3.63) is 83.9 Å². The molecular weight excluding hydrogens is 464 g/mol. The van der Waals surface area contributed by atoms with E-state index >= 15 is 0 Å². The topological polar surface area (TPSA) is 76.2 Å². The summed E-state index contributed by atoms with van der Waals surface area (Å²) in [5.41, 5.74) is 2.02. The number of anilines is 2. The summed E-state index contributed by atoms with van der Waals surface area (Å²) in [6, 6.07) is 21.6. The average Bonchev–Trinajstić information content (AvgIpc) is 3.00. The number of esters is 1. The van der Waals surface area contributed by atoms with Crippen LogP contribution in [0.4, 0.5) is 11.4 Å². The molecule has 8 heteroatoms. The molecule has 0 unspecified atom stereocenters. The maximum atomic E-state index is 13.6. The summed E-state index contributed by atoms with van der Waals surface area (Å²) >= 11 is 1.43. The van der Waals surface area contributed by atoms with Crippen molar-refractivity contribution in [1.29, 1.82) is 0 Å². The van der Waals surface area contributed by atoms with Crippen molar-refractivity contribution in [3.63, 3.8) is 0 Å². The number of carbonyl (C=O) groups is 3. The molecule has 0 bridgehead atoms. The first-order valence-corrected chi connectivity index (χ1v) is 12.1. The SMILES string of the molecule is CCOCCOC(=O)c1ccc2c(c1)N(CC(=O)N(C)c1ccccc1)C(=O)c1ccccc1S2. The molecule has 1 aliphatic rings. The van der Waals surface area contributed by atoms with E-state index in [4.69, 9.17) is 9.47 Å². The van der Waals surface area contributed by atoms with Crippen molar-refractivity contribution in [2.45, 2.75) is 16.7 Å². The molecular formula is C27H26N2O5S. The fraction of sp³-hybridized carbons (Fsp3) is 0.222. The van der Waals surface area contributed by atoms with Gasteiger partial charge in [-0.15, -0.1) is 0 Å². The quantitative estimate of drug-likeness (QED) is 0.338. The highest BCUT2D eigenvalue weighted by Gasteiger charge is 2.30. The van der Waals surface area contributed by atoms with E-state index in [-0.39, 0.29) is 25.0 Å². The molecule has 0 atom stereocenters. The van der Waals surface area contributed by atoms with Crippen LogP contribution in [-0.2, 0) is 14.3 Å². The van der Waals surface area contributed by atoms with Crippen LogP contribution in [0.15, 0.2) is 82.6 Å². The first-order chi connectivity index (χ1) is 17.0. The monoisotopic (exact) mass is 490 g/mol. The minimum absolute atomic E-state index is 0.132. The zero-order valence-electron chi connectivity index (χ0n) is 19.6. The molecule has 0 aliphatic carbocycles. The summed E-state index contributed by atoms with van der Waals surface area (Å²) in [6.45, 7) is 2.66. The van der Waals surface area contributed by atoms with Gasteiger partial charge in [0.15, 0.2) is 0 Å². The molecule has 180 valence electrons. The molecule has 7 nitrogen and oxygen atoms in total. The van der Waals surface area contributed by atoms with E-state index in [1.807, 2.05) is 49.4 Å². The molecule has 1 heterocycles. The van der Waals surface area contributed by atoms with Crippen molar-refractivity contribution in [1.82, 2.24) is 0 Å². The van der Waals surface area contributed by atoms with Gasteiger partial charge in [0.25, 0.3) is 5.91 Å². The lowest BCUT2D eigenvalue weighted by Crippen LogP contribution is -2.42. The summed E-state index contributed by atoms with van der Waals surface area (Å²) < 4.78 is 10.5. The Bertz CT molecular complexity index is 1230. The lowest BCUT2D eigenvalue weighted by Gasteiger charge is -2.26. The fourth-order valence-corrected chi connectivity index (χ4v) is 4.72. The Kier molecular flexibility index (Phi) is 7.84. The number of nitrogens with zero attached hydrogens (tertiary/aromatic N) is 2. The minimum atomic E-state index is -0.514. The Morgan fingerprint density at radius 2 is 1.69 bits per heavy atom. The number of hydrogen-bond donors (Lipinski definition) is 0. The smallest absolute Gasteiger partial charge is 0.338 e. The second kappa shape index (κ2) is 11.2. The van der Waals surface area contributed by atoms with Gasteiger partial charge in [-0.3, -0.25) is 14.5 Å². The predicted molar refractivity (Wildman–Crippen MR) is 135 cm³/mol. The Balaban J connectivity index is 1.67. The average molecular weight is 491 g/mol. The summed E-state index contributed by atoms with van der Waals surface area (Å²) in [4.78, 5) is 44.0. The molecule has 0 aromatic heterocycles. The Hall–Kier alpha value is -3.62. The Morgan fingerprint density at radius 1 is 0.943 bits per heavy atom. The molecule has 0 saturated carbocycles. The number of benzene rings is 3. The van der Waals surface area contributed by atoms with Crippen LogP contribution in [0.5, 0.6) is 0 Å². The van der Waals surface area contributed by atoms with E-state index < -0.39 is 5.97 Å². The molecule has 3 aromatic rings. The van der Waals surface area contributed by atoms with Crippen molar-refractivity contribution >= 4 is 40.9 Å². The third-order valence-electron chi connectivity index (χ3n) is 5.54. The maximum absolute atomic E-state index is 13.6. The third-order valence-corrected chi connectivity index (χ3v) is 6.68. The summed E-state index contributed by atoms with van der Waals surface area (Å²) in [7, 11) is 1.68. The van der Waals surface area contributed by atoms with Gasteiger partial charge in [0.2, 0.25) is 5.91 Å². The van der Waals surface area contributed by atoms with E-state index in [2.05, 4.69) is 0 Å². The number of para-hydroxylation sites is 1. The van der Waals surface area contributed by atoms with Gasteiger partial charge in [0, 0.05) is 29.1 Å². The number of hydrogen-bond acceptors (Lipinski definition) is 6. The van der Waals surface area contributed by atoms with Crippen LogP contribution in [0.1, 0.15) is 27.6 Å². The van der Waals surface area contributed by atoms with Crippen LogP contribution in [0.3, 0.4) is 0 Å². The summed E-state index contributed by atoms with van der Waals surface area (Å²) in [5.74, 6) is -1.08. The van der Waals surface area contributed by atoms with Crippen LogP contribution in [0.25, 0.3) is 0 Å². The number of fused-ring (bicyclic) bond motifs is 2. The van der Waals surface area contributed by atoms with Crippen molar-refractivity contribution in [2.75, 3.05) is 43.2 Å². The van der Waals surface area contributed by atoms with Gasteiger partial charge in [-0.05, 0) is 49.4 Å². The van der Waals surface area contributed by atoms with E-state index in [0.717, 1.165) is 15.5 Å². The van der Waals surface area contributed by atoms with Crippen LogP contribution in [0.2, 0.25) is 0 Å². The predicted octanol–water partition coefficient (Wildman–Crippen LogP) is 4.65. The fourth-order valence-electron chi connectivity index (χ4n) is 3.66. The lowest BCUT2D eigenvalue weighted by atomic mass is 10.1. The third kappa shape index (κ3) is 5.55. The number of carbonyl (C=O) groups excluding carboxylic acids is 3. The highest BCUT2D eigenvalue weighted by Crippen LogP contribution is 2.41. The Labute approximate surface area is 208 Å². The molecule has 0 N–H and O–H groups in total. The van der Waals surface area contributed by atoms with Crippen molar-refractivity contribution < 1.29 is 23.9 Å². The van der Waals surface area contributed by atoms with Crippen LogP contribution >= 0.6 is 11.8 Å². The molecule has 3 aromatic carbocycles. The van der Waals surface area contributed by atoms with Gasteiger partial charge in [-0.1, -0.05) is 42.1 Å². The molecule has 0 radical (unpaired) electrons. The summed E-state index contributed by atoms with van der Waals surface area (Å²) in [5, 5.41) is 0. The van der Waals surface area contributed by atoms with Crippen molar-refractivity contribution in [3.8, 4) is 0 Å². The summed E-state index contributed by atoms with van der Waals surface area (Å²) in [6.07, 6.45) is 0. The maximum Gasteiger partial charge on any atom is 0.338 e. The van der Waals surface area contributed by atoms with Crippen LogP contribution in [0, 0.1) is 0 Å². The first-order valence-electron chi connectivity index (χ1n) is 11.3. The molecule has 2 amide bonds. The normalized spacial score (nSPS) is 12.4. The molecule has 0 spiro atoms. The van der Waals surface area contributed by atoms with E-state index in [0.29, 0.717) is 30.0 Å². The van der Waals surface area contributed by atoms with Gasteiger partial charge in [0.1, 0.15) is 13.2 Å². The van der Waals surface area contributed by atoms with Crippen molar-refractivity contribution in [2.24, 2.45) is 0 Å². The van der Waals surface area contributed by atoms with E-state index in [1.54, 1.807) is 37.4 Å².